The number of hydrogen-bond donors (Lipinski definition) is 1. The average Bonchev–Trinajstić information content (AvgIpc) is 2.52. The van der Waals surface area contributed by atoms with Gasteiger partial charge in [-0.05, 0) is 44.5 Å². The second-order valence-electron chi connectivity index (χ2n) is 5.13. The first kappa shape index (κ1) is 15.6. The van der Waals surface area contributed by atoms with E-state index in [0.29, 0.717) is 31.3 Å². The lowest BCUT2D eigenvalue weighted by Gasteiger charge is -2.30. The van der Waals surface area contributed by atoms with Gasteiger partial charge >= 0.3 is 5.97 Å². The Morgan fingerprint density at radius 2 is 2.00 bits per heavy atom. The fourth-order valence-corrected chi connectivity index (χ4v) is 2.30. The predicted molar refractivity (Wildman–Crippen MR) is 79.7 cm³/mol. The number of ether oxygens (including phenoxy) is 3. The zero-order valence-corrected chi connectivity index (χ0v) is 12.9. The van der Waals surface area contributed by atoms with Gasteiger partial charge in [0.05, 0.1) is 6.61 Å². The van der Waals surface area contributed by atoms with Crippen molar-refractivity contribution in [2.24, 2.45) is 0 Å². The third-order valence-corrected chi connectivity index (χ3v) is 3.53. The first-order valence-corrected chi connectivity index (χ1v) is 7.44. The van der Waals surface area contributed by atoms with Crippen molar-refractivity contribution in [3.05, 3.63) is 23.8 Å². The molecule has 5 heteroatoms. The molecule has 1 aromatic carbocycles. The van der Waals surface area contributed by atoms with Crippen LogP contribution in [0, 0.1) is 0 Å². The summed E-state index contributed by atoms with van der Waals surface area (Å²) in [6, 6.07) is 5.58. The van der Waals surface area contributed by atoms with Gasteiger partial charge in [0.2, 0.25) is 0 Å². The molecular formula is C16H23NO4. The highest BCUT2D eigenvalue weighted by Gasteiger charge is 2.37. The second-order valence-corrected chi connectivity index (χ2v) is 5.13. The normalized spacial score (nSPS) is 16.1. The number of carbonyl (C=O) groups is 1. The Hall–Kier alpha value is -1.75. The van der Waals surface area contributed by atoms with Crippen LogP contribution < -0.4 is 14.8 Å². The quantitative estimate of drug-likeness (QED) is 0.815. The van der Waals surface area contributed by atoms with Gasteiger partial charge in [0, 0.05) is 0 Å². The van der Waals surface area contributed by atoms with Gasteiger partial charge < -0.3 is 14.2 Å². The summed E-state index contributed by atoms with van der Waals surface area (Å²) in [6.07, 6.45) is 0.930. The van der Waals surface area contributed by atoms with Gasteiger partial charge in [0.1, 0.15) is 18.8 Å². The Labute approximate surface area is 125 Å². The van der Waals surface area contributed by atoms with Crippen LogP contribution in [0.3, 0.4) is 0 Å². The number of hydrogen-bond acceptors (Lipinski definition) is 5. The number of fused-ring (bicyclic) bond motifs is 1. The summed E-state index contributed by atoms with van der Waals surface area (Å²) < 4.78 is 16.3. The van der Waals surface area contributed by atoms with Crippen molar-refractivity contribution in [3.63, 3.8) is 0 Å². The highest BCUT2D eigenvalue weighted by molar-refractivity contribution is 5.82. The van der Waals surface area contributed by atoms with Crippen molar-refractivity contribution >= 4 is 5.97 Å². The summed E-state index contributed by atoms with van der Waals surface area (Å²) in [5.41, 5.74) is -0.0689. The average molecular weight is 293 g/mol. The van der Waals surface area contributed by atoms with Crippen LogP contribution in [0.4, 0.5) is 0 Å². The van der Waals surface area contributed by atoms with Crippen LogP contribution in [0.2, 0.25) is 0 Å². The van der Waals surface area contributed by atoms with Gasteiger partial charge in [0.15, 0.2) is 11.5 Å². The molecule has 0 saturated carbocycles. The number of rotatable bonds is 6. The highest BCUT2D eigenvalue weighted by atomic mass is 16.6. The molecule has 0 fully saturated rings. The monoisotopic (exact) mass is 293 g/mol. The summed E-state index contributed by atoms with van der Waals surface area (Å²) in [7, 11) is 0. The van der Waals surface area contributed by atoms with E-state index in [1.807, 2.05) is 32.0 Å². The van der Waals surface area contributed by atoms with Crippen LogP contribution in [0.1, 0.15) is 32.8 Å². The SMILES string of the molecule is CCCNC(C)(C(=O)OCC)c1ccc2c(c1)OCCO2. The number of benzene rings is 1. The topological polar surface area (TPSA) is 56.8 Å². The second kappa shape index (κ2) is 6.80. The first-order valence-electron chi connectivity index (χ1n) is 7.44. The maximum absolute atomic E-state index is 12.4. The van der Waals surface area contributed by atoms with Crippen LogP contribution in [0.25, 0.3) is 0 Å². The standard InChI is InChI=1S/C16H23NO4/c1-4-8-17-16(3,15(18)19-5-2)12-6-7-13-14(11-12)21-10-9-20-13/h6-7,11,17H,4-5,8-10H2,1-3H3. The highest BCUT2D eigenvalue weighted by Crippen LogP contribution is 2.34. The van der Waals surface area contributed by atoms with E-state index in [-0.39, 0.29) is 5.97 Å². The third kappa shape index (κ3) is 3.29. The summed E-state index contributed by atoms with van der Waals surface area (Å²) in [6.45, 7) is 7.86. The van der Waals surface area contributed by atoms with Crippen LogP contribution in [0.15, 0.2) is 18.2 Å². The molecule has 116 valence electrons. The molecule has 0 aliphatic carbocycles. The van der Waals surface area contributed by atoms with Gasteiger partial charge in [0.25, 0.3) is 0 Å². The van der Waals surface area contributed by atoms with Crippen molar-refractivity contribution in [3.8, 4) is 11.5 Å². The van der Waals surface area contributed by atoms with Gasteiger partial charge in [-0.2, -0.15) is 0 Å². The lowest BCUT2D eigenvalue weighted by molar-refractivity contribution is -0.151. The molecule has 2 rings (SSSR count). The molecule has 0 amide bonds. The fourth-order valence-electron chi connectivity index (χ4n) is 2.30. The minimum absolute atomic E-state index is 0.282. The summed E-state index contributed by atoms with van der Waals surface area (Å²) >= 11 is 0. The molecule has 5 nitrogen and oxygen atoms in total. The van der Waals surface area contributed by atoms with Crippen LogP contribution >= 0.6 is 0 Å². The molecule has 0 aromatic heterocycles. The van der Waals surface area contributed by atoms with Crippen molar-refractivity contribution < 1.29 is 19.0 Å². The largest absolute Gasteiger partial charge is 0.486 e. The Kier molecular flexibility index (Phi) is 5.07. The lowest BCUT2D eigenvalue weighted by Crippen LogP contribution is -2.48. The molecule has 1 unspecified atom stereocenters. The van der Waals surface area contributed by atoms with E-state index in [9.17, 15) is 4.79 Å². The fraction of sp³-hybridized carbons (Fsp3) is 0.562. The zero-order valence-electron chi connectivity index (χ0n) is 12.9. The number of nitrogens with one attached hydrogen (secondary N) is 1. The van der Waals surface area contributed by atoms with Crippen LogP contribution in [0.5, 0.6) is 11.5 Å². The minimum Gasteiger partial charge on any atom is -0.486 e. The van der Waals surface area contributed by atoms with E-state index in [1.54, 1.807) is 0 Å². The Morgan fingerprint density at radius 3 is 2.67 bits per heavy atom. The molecule has 0 spiro atoms. The predicted octanol–water partition coefficient (Wildman–Crippen LogP) is 2.24. The molecule has 0 bridgehead atoms. The molecular weight excluding hydrogens is 270 g/mol. The maximum atomic E-state index is 12.4. The van der Waals surface area contributed by atoms with Crippen molar-refractivity contribution in [1.29, 1.82) is 0 Å². The smallest absolute Gasteiger partial charge is 0.330 e. The Balaban J connectivity index is 2.33. The van der Waals surface area contributed by atoms with E-state index in [2.05, 4.69) is 12.2 Å². The Bertz CT molecular complexity index is 503. The van der Waals surface area contributed by atoms with E-state index < -0.39 is 5.54 Å². The van der Waals surface area contributed by atoms with Crippen molar-refractivity contribution in [1.82, 2.24) is 5.32 Å². The lowest BCUT2D eigenvalue weighted by atomic mass is 9.91. The molecule has 0 saturated heterocycles. The molecule has 1 aromatic rings. The molecule has 1 atom stereocenters. The van der Waals surface area contributed by atoms with Crippen LogP contribution in [-0.2, 0) is 15.1 Å². The van der Waals surface area contributed by atoms with Gasteiger partial charge in [-0.1, -0.05) is 13.0 Å². The van der Waals surface area contributed by atoms with Gasteiger partial charge in [-0.3, -0.25) is 5.32 Å². The molecule has 0 radical (unpaired) electrons. The number of carbonyl (C=O) groups excluding carboxylic acids is 1. The van der Waals surface area contributed by atoms with E-state index in [0.717, 1.165) is 18.5 Å². The molecule has 21 heavy (non-hydrogen) atoms. The third-order valence-electron chi connectivity index (χ3n) is 3.53. The molecule has 1 heterocycles. The van der Waals surface area contributed by atoms with Crippen molar-refractivity contribution in [2.45, 2.75) is 32.7 Å². The van der Waals surface area contributed by atoms with Gasteiger partial charge in [-0.25, -0.2) is 4.79 Å². The molecule has 1 aliphatic rings. The molecule has 1 N–H and O–H groups in total. The summed E-state index contributed by atoms with van der Waals surface area (Å²) in [4.78, 5) is 12.4. The minimum atomic E-state index is -0.887. The summed E-state index contributed by atoms with van der Waals surface area (Å²) in [5.74, 6) is 1.11. The van der Waals surface area contributed by atoms with E-state index in [4.69, 9.17) is 14.2 Å². The van der Waals surface area contributed by atoms with Gasteiger partial charge in [-0.15, -0.1) is 0 Å². The zero-order chi connectivity index (χ0) is 15.3. The maximum Gasteiger partial charge on any atom is 0.330 e. The molecule has 1 aliphatic heterocycles. The van der Waals surface area contributed by atoms with E-state index in [1.165, 1.54) is 0 Å². The Morgan fingerprint density at radius 1 is 1.29 bits per heavy atom. The van der Waals surface area contributed by atoms with E-state index >= 15 is 0 Å². The van der Waals surface area contributed by atoms with Crippen molar-refractivity contribution in [2.75, 3.05) is 26.4 Å². The number of esters is 1. The van der Waals surface area contributed by atoms with Crippen LogP contribution in [-0.4, -0.2) is 32.3 Å². The first-order chi connectivity index (χ1) is 10.1. The summed E-state index contributed by atoms with van der Waals surface area (Å²) in [5, 5.41) is 3.28.